The fraction of sp³-hybridized carbons (Fsp3) is 0.533. The molecule has 1 saturated heterocycles. The topological polar surface area (TPSA) is 24.5 Å². The summed E-state index contributed by atoms with van der Waals surface area (Å²) in [6, 6.07) is 8.31. The maximum atomic E-state index is 5.53. The molecule has 4 heteroatoms. The zero-order valence-electron chi connectivity index (χ0n) is 12.1. The van der Waals surface area contributed by atoms with Gasteiger partial charge in [-0.1, -0.05) is 32.0 Å². The van der Waals surface area contributed by atoms with E-state index < -0.39 is 0 Å². The Morgan fingerprint density at radius 3 is 2.63 bits per heavy atom. The Balaban J connectivity index is 2.16. The standard InChI is InChI=1S/C15H22N2OS/c1-11(2)12-7-5-6-8-13(12)16-14(19)17-10-18-9-15(17,3)4/h5-8,11H,9-10H2,1-4H3,(H,16,19). The second kappa shape index (κ2) is 5.47. The molecule has 0 saturated carbocycles. The third kappa shape index (κ3) is 3.07. The number of hydrogen-bond acceptors (Lipinski definition) is 2. The maximum Gasteiger partial charge on any atom is 0.175 e. The van der Waals surface area contributed by atoms with Gasteiger partial charge in [0.15, 0.2) is 5.11 Å². The number of hydrogen-bond donors (Lipinski definition) is 1. The molecular formula is C15H22N2OS. The Kier molecular flexibility index (Phi) is 4.11. The number of benzene rings is 1. The molecule has 0 amide bonds. The molecule has 1 fully saturated rings. The number of ether oxygens (including phenoxy) is 1. The van der Waals surface area contributed by atoms with Crippen LogP contribution >= 0.6 is 12.2 Å². The van der Waals surface area contributed by atoms with Gasteiger partial charge < -0.3 is 15.0 Å². The highest BCUT2D eigenvalue weighted by Crippen LogP contribution is 2.26. The molecule has 0 bridgehead atoms. The summed E-state index contributed by atoms with van der Waals surface area (Å²) in [5.41, 5.74) is 2.32. The van der Waals surface area contributed by atoms with Crippen molar-refractivity contribution in [1.29, 1.82) is 0 Å². The van der Waals surface area contributed by atoms with Crippen LogP contribution in [0.2, 0.25) is 0 Å². The van der Waals surface area contributed by atoms with E-state index in [0.29, 0.717) is 19.3 Å². The molecule has 0 aromatic heterocycles. The average Bonchev–Trinajstić information content (AvgIpc) is 2.69. The van der Waals surface area contributed by atoms with Crippen LogP contribution in [0.4, 0.5) is 5.69 Å². The number of nitrogens with one attached hydrogen (secondary N) is 1. The fourth-order valence-corrected chi connectivity index (χ4v) is 2.68. The van der Waals surface area contributed by atoms with Crippen LogP contribution in [0.15, 0.2) is 24.3 Å². The van der Waals surface area contributed by atoms with Crippen molar-refractivity contribution >= 4 is 23.0 Å². The van der Waals surface area contributed by atoms with Crippen molar-refractivity contribution in [2.45, 2.75) is 39.2 Å². The fourth-order valence-electron chi connectivity index (χ4n) is 2.27. The molecule has 1 N–H and O–H groups in total. The van der Waals surface area contributed by atoms with Gasteiger partial charge in [0.05, 0.1) is 12.1 Å². The van der Waals surface area contributed by atoms with Crippen LogP contribution in [0.3, 0.4) is 0 Å². The van der Waals surface area contributed by atoms with Gasteiger partial charge in [0, 0.05) is 5.69 Å². The van der Waals surface area contributed by atoms with Gasteiger partial charge in [-0.2, -0.15) is 0 Å². The lowest BCUT2D eigenvalue weighted by Crippen LogP contribution is -2.46. The summed E-state index contributed by atoms with van der Waals surface area (Å²) in [5, 5.41) is 4.10. The molecule has 0 radical (unpaired) electrons. The first-order chi connectivity index (χ1) is 8.92. The summed E-state index contributed by atoms with van der Waals surface area (Å²) in [5.74, 6) is 0.467. The quantitative estimate of drug-likeness (QED) is 0.836. The molecule has 0 aliphatic carbocycles. The minimum atomic E-state index is -0.0448. The molecular weight excluding hydrogens is 256 g/mol. The maximum absolute atomic E-state index is 5.53. The van der Waals surface area contributed by atoms with Gasteiger partial charge in [-0.25, -0.2) is 0 Å². The number of para-hydroxylation sites is 1. The van der Waals surface area contributed by atoms with E-state index in [9.17, 15) is 0 Å². The summed E-state index contributed by atoms with van der Waals surface area (Å²) < 4.78 is 5.51. The molecule has 2 rings (SSSR count). The van der Waals surface area contributed by atoms with E-state index in [-0.39, 0.29) is 5.54 Å². The second-order valence-corrected chi connectivity index (χ2v) is 6.28. The van der Waals surface area contributed by atoms with Gasteiger partial charge in [-0.3, -0.25) is 0 Å². The predicted molar refractivity (Wildman–Crippen MR) is 83.5 cm³/mol. The highest BCUT2D eigenvalue weighted by molar-refractivity contribution is 7.80. The van der Waals surface area contributed by atoms with Crippen LogP contribution in [-0.2, 0) is 4.74 Å². The summed E-state index contributed by atoms with van der Waals surface area (Å²) in [6.45, 7) is 9.92. The highest BCUT2D eigenvalue weighted by Gasteiger charge is 2.34. The first-order valence-corrected chi connectivity index (χ1v) is 7.08. The Hall–Kier alpha value is -1.13. The van der Waals surface area contributed by atoms with E-state index in [1.807, 2.05) is 6.07 Å². The molecule has 0 atom stereocenters. The van der Waals surface area contributed by atoms with Crippen molar-refractivity contribution < 1.29 is 4.74 Å². The zero-order valence-corrected chi connectivity index (χ0v) is 12.9. The molecule has 3 nitrogen and oxygen atoms in total. The van der Waals surface area contributed by atoms with Crippen LogP contribution in [0, 0.1) is 0 Å². The Morgan fingerprint density at radius 1 is 1.37 bits per heavy atom. The Bertz CT molecular complexity index is 471. The minimum Gasteiger partial charge on any atom is -0.359 e. The second-order valence-electron chi connectivity index (χ2n) is 5.89. The van der Waals surface area contributed by atoms with E-state index in [1.165, 1.54) is 5.56 Å². The summed E-state index contributed by atoms with van der Waals surface area (Å²) >= 11 is 5.53. The molecule has 1 aromatic carbocycles. The van der Waals surface area contributed by atoms with Crippen molar-refractivity contribution in [3.63, 3.8) is 0 Å². The third-order valence-electron chi connectivity index (χ3n) is 3.48. The van der Waals surface area contributed by atoms with Crippen molar-refractivity contribution in [1.82, 2.24) is 4.90 Å². The Labute approximate surface area is 120 Å². The van der Waals surface area contributed by atoms with Crippen LogP contribution in [-0.4, -0.2) is 28.9 Å². The SMILES string of the molecule is CC(C)c1ccccc1NC(=S)N1COCC1(C)C. The molecule has 1 aromatic rings. The smallest absolute Gasteiger partial charge is 0.175 e. The van der Waals surface area contributed by atoms with Crippen molar-refractivity contribution in [2.24, 2.45) is 0 Å². The summed E-state index contributed by atoms with van der Waals surface area (Å²) in [6.07, 6.45) is 0. The minimum absolute atomic E-state index is 0.0448. The average molecular weight is 278 g/mol. The lowest BCUT2D eigenvalue weighted by Gasteiger charge is -2.32. The van der Waals surface area contributed by atoms with E-state index >= 15 is 0 Å². The molecule has 104 valence electrons. The summed E-state index contributed by atoms with van der Waals surface area (Å²) in [4.78, 5) is 2.10. The van der Waals surface area contributed by atoms with E-state index in [4.69, 9.17) is 17.0 Å². The molecule has 19 heavy (non-hydrogen) atoms. The first kappa shape index (κ1) is 14.3. The van der Waals surface area contributed by atoms with Gasteiger partial charge >= 0.3 is 0 Å². The Morgan fingerprint density at radius 2 is 2.05 bits per heavy atom. The zero-order chi connectivity index (χ0) is 14.0. The normalized spacial score (nSPS) is 17.8. The molecule has 1 aliphatic heterocycles. The molecule has 1 heterocycles. The van der Waals surface area contributed by atoms with Gasteiger partial charge in [-0.15, -0.1) is 0 Å². The number of nitrogens with zero attached hydrogens (tertiary/aromatic N) is 1. The first-order valence-electron chi connectivity index (χ1n) is 6.67. The van der Waals surface area contributed by atoms with Crippen molar-refractivity contribution in [3.8, 4) is 0 Å². The van der Waals surface area contributed by atoms with Gasteiger partial charge in [0.2, 0.25) is 0 Å². The molecule has 1 aliphatic rings. The van der Waals surface area contributed by atoms with E-state index in [0.717, 1.165) is 10.8 Å². The van der Waals surface area contributed by atoms with Gasteiger partial charge in [-0.05, 0) is 43.6 Å². The van der Waals surface area contributed by atoms with Crippen molar-refractivity contribution in [3.05, 3.63) is 29.8 Å². The highest BCUT2D eigenvalue weighted by atomic mass is 32.1. The lowest BCUT2D eigenvalue weighted by molar-refractivity contribution is 0.169. The molecule has 0 unspecified atom stereocenters. The van der Waals surface area contributed by atoms with Gasteiger partial charge in [0.1, 0.15) is 6.73 Å². The molecule has 0 spiro atoms. The van der Waals surface area contributed by atoms with Crippen molar-refractivity contribution in [2.75, 3.05) is 18.7 Å². The monoisotopic (exact) mass is 278 g/mol. The number of rotatable bonds is 2. The third-order valence-corrected chi connectivity index (χ3v) is 3.80. The summed E-state index contributed by atoms with van der Waals surface area (Å²) in [7, 11) is 0. The largest absolute Gasteiger partial charge is 0.359 e. The van der Waals surface area contributed by atoms with E-state index in [1.54, 1.807) is 0 Å². The van der Waals surface area contributed by atoms with E-state index in [2.05, 4.69) is 56.1 Å². The number of anilines is 1. The van der Waals surface area contributed by atoms with Crippen LogP contribution in [0.5, 0.6) is 0 Å². The van der Waals surface area contributed by atoms with Gasteiger partial charge in [0.25, 0.3) is 0 Å². The predicted octanol–water partition coefficient (Wildman–Crippen LogP) is 3.58. The number of thiocarbonyl (C=S) groups is 1. The lowest BCUT2D eigenvalue weighted by atomic mass is 10.0. The van der Waals surface area contributed by atoms with Crippen LogP contribution < -0.4 is 5.32 Å². The van der Waals surface area contributed by atoms with Crippen LogP contribution in [0.25, 0.3) is 0 Å². The van der Waals surface area contributed by atoms with Crippen LogP contribution in [0.1, 0.15) is 39.2 Å².